The third-order valence-electron chi connectivity index (χ3n) is 4.46. The van der Waals surface area contributed by atoms with E-state index < -0.39 is 23.7 Å². The number of ether oxygens (including phenoxy) is 2. The summed E-state index contributed by atoms with van der Waals surface area (Å²) >= 11 is 0. The highest BCUT2D eigenvalue weighted by Gasteiger charge is 2.23. The van der Waals surface area contributed by atoms with Crippen molar-refractivity contribution in [1.82, 2.24) is 5.32 Å². The quantitative estimate of drug-likeness (QED) is 0.575. The minimum atomic E-state index is -0.921. The molecule has 1 N–H and O–H groups in total. The van der Waals surface area contributed by atoms with Crippen LogP contribution in [0.5, 0.6) is 5.75 Å². The zero-order valence-electron chi connectivity index (χ0n) is 16.5. The molecule has 0 saturated carbocycles. The number of halogens is 1. The molecule has 1 atom stereocenters. The van der Waals surface area contributed by atoms with Gasteiger partial charge < -0.3 is 14.8 Å². The maximum atomic E-state index is 13.4. The molecule has 154 valence electrons. The van der Waals surface area contributed by atoms with E-state index in [1.807, 2.05) is 54.6 Å². The molecule has 0 fully saturated rings. The summed E-state index contributed by atoms with van der Waals surface area (Å²) in [6.07, 6.45) is 0.205. The summed E-state index contributed by atoms with van der Waals surface area (Å²) in [7, 11) is 1.25. The minimum Gasteiger partial charge on any atom is -0.489 e. The predicted molar refractivity (Wildman–Crippen MR) is 111 cm³/mol. The highest BCUT2D eigenvalue weighted by Crippen LogP contribution is 2.17. The molecule has 0 aliphatic heterocycles. The fourth-order valence-corrected chi connectivity index (χ4v) is 2.95. The van der Waals surface area contributed by atoms with Crippen molar-refractivity contribution in [1.29, 1.82) is 0 Å². The molecule has 30 heavy (non-hydrogen) atoms. The number of hydrogen-bond acceptors (Lipinski definition) is 4. The van der Waals surface area contributed by atoms with Crippen molar-refractivity contribution in [3.63, 3.8) is 0 Å². The van der Waals surface area contributed by atoms with Crippen LogP contribution in [0.3, 0.4) is 0 Å². The van der Waals surface area contributed by atoms with Crippen LogP contribution in [0.1, 0.15) is 21.5 Å². The van der Waals surface area contributed by atoms with E-state index in [0.717, 1.165) is 17.2 Å². The van der Waals surface area contributed by atoms with E-state index in [4.69, 9.17) is 9.47 Å². The van der Waals surface area contributed by atoms with E-state index in [2.05, 4.69) is 5.32 Å². The van der Waals surface area contributed by atoms with E-state index in [1.165, 1.54) is 25.3 Å². The zero-order chi connectivity index (χ0) is 21.3. The summed E-state index contributed by atoms with van der Waals surface area (Å²) in [4.78, 5) is 24.6. The largest absolute Gasteiger partial charge is 0.489 e. The average Bonchev–Trinajstić information content (AvgIpc) is 2.77. The van der Waals surface area contributed by atoms with Crippen molar-refractivity contribution >= 4 is 11.9 Å². The Labute approximate surface area is 174 Å². The van der Waals surface area contributed by atoms with Crippen LogP contribution in [0.15, 0.2) is 78.9 Å². The number of rotatable bonds is 8. The van der Waals surface area contributed by atoms with Gasteiger partial charge in [0.1, 0.15) is 24.2 Å². The molecular formula is C24H22FNO4. The van der Waals surface area contributed by atoms with Crippen molar-refractivity contribution in [2.24, 2.45) is 0 Å². The Morgan fingerprint density at radius 2 is 1.67 bits per heavy atom. The molecular weight excluding hydrogens is 385 g/mol. The van der Waals surface area contributed by atoms with Crippen LogP contribution in [0.25, 0.3) is 0 Å². The standard InChI is InChI=1S/C24H22FNO4/c1-29-24(28)22(26-23(27)19-10-6-11-20(25)15-19)14-18-9-5-12-21(13-18)30-16-17-7-3-2-4-8-17/h2-13,15,22H,14,16H2,1H3,(H,26,27)/t22-/m1/s1. The van der Waals surface area contributed by atoms with E-state index in [-0.39, 0.29) is 12.0 Å². The first kappa shape index (κ1) is 21.0. The first-order valence-corrected chi connectivity index (χ1v) is 9.45. The van der Waals surface area contributed by atoms with Gasteiger partial charge in [-0.25, -0.2) is 9.18 Å². The second-order valence-corrected chi connectivity index (χ2v) is 6.69. The molecule has 3 aromatic rings. The van der Waals surface area contributed by atoms with Gasteiger partial charge in [0.05, 0.1) is 7.11 Å². The van der Waals surface area contributed by atoms with Crippen molar-refractivity contribution < 1.29 is 23.5 Å². The van der Waals surface area contributed by atoms with Gasteiger partial charge in [0.25, 0.3) is 5.91 Å². The highest BCUT2D eigenvalue weighted by atomic mass is 19.1. The monoisotopic (exact) mass is 407 g/mol. The van der Waals surface area contributed by atoms with E-state index in [0.29, 0.717) is 12.4 Å². The van der Waals surface area contributed by atoms with Crippen LogP contribution in [0.4, 0.5) is 4.39 Å². The molecule has 0 spiro atoms. The molecule has 1 amide bonds. The lowest BCUT2D eigenvalue weighted by atomic mass is 10.0. The molecule has 6 heteroatoms. The molecule has 0 radical (unpaired) electrons. The Morgan fingerprint density at radius 1 is 0.933 bits per heavy atom. The SMILES string of the molecule is COC(=O)[C@@H](Cc1cccc(OCc2ccccc2)c1)NC(=O)c1cccc(F)c1. The lowest BCUT2D eigenvalue weighted by molar-refractivity contribution is -0.142. The van der Waals surface area contributed by atoms with Gasteiger partial charge in [0, 0.05) is 12.0 Å². The van der Waals surface area contributed by atoms with Crippen molar-refractivity contribution in [3.8, 4) is 5.75 Å². The molecule has 0 unspecified atom stereocenters. The Morgan fingerprint density at radius 3 is 2.40 bits per heavy atom. The van der Waals surface area contributed by atoms with Gasteiger partial charge in [-0.15, -0.1) is 0 Å². The fourth-order valence-electron chi connectivity index (χ4n) is 2.95. The van der Waals surface area contributed by atoms with Gasteiger partial charge in [-0.1, -0.05) is 48.5 Å². The Kier molecular flexibility index (Phi) is 7.16. The molecule has 0 saturated heterocycles. The number of nitrogens with one attached hydrogen (secondary N) is 1. The Hall–Kier alpha value is -3.67. The number of amides is 1. The molecule has 0 bridgehead atoms. The first-order chi connectivity index (χ1) is 14.5. The lowest BCUT2D eigenvalue weighted by Gasteiger charge is -2.17. The van der Waals surface area contributed by atoms with Crippen LogP contribution >= 0.6 is 0 Å². The van der Waals surface area contributed by atoms with Gasteiger partial charge in [-0.2, -0.15) is 0 Å². The summed E-state index contributed by atoms with van der Waals surface area (Å²) in [6.45, 7) is 0.418. The molecule has 3 aromatic carbocycles. The van der Waals surface area contributed by atoms with Crippen molar-refractivity contribution in [2.75, 3.05) is 7.11 Å². The van der Waals surface area contributed by atoms with Crippen LogP contribution in [-0.4, -0.2) is 25.0 Å². The average molecular weight is 407 g/mol. The summed E-state index contributed by atoms with van der Waals surface area (Å²) in [6, 6.07) is 21.4. The summed E-state index contributed by atoms with van der Waals surface area (Å²) < 4.78 is 24.0. The normalized spacial score (nSPS) is 11.4. The number of methoxy groups -OCH3 is 1. The number of hydrogen-bond donors (Lipinski definition) is 1. The molecule has 0 aliphatic rings. The van der Waals surface area contributed by atoms with Gasteiger partial charge in [0.2, 0.25) is 0 Å². The molecule has 0 aromatic heterocycles. The van der Waals surface area contributed by atoms with E-state index in [9.17, 15) is 14.0 Å². The lowest BCUT2D eigenvalue weighted by Crippen LogP contribution is -2.43. The summed E-state index contributed by atoms with van der Waals surface area (Å²) in [5.74, 6) is -1.02. The molecule has 3 rings (SSSR count). The molecule has 0 heterocycles. The number of carbonyl (C=O) groups is 2. The number of benzene rings is 3. The number of carbonyl (C=O) groups excluding carboxylic acids is 2. The fraction of sp³-hybridized carbons (Fsp3) is 0.167. The van der Waals surface area contributed by atoms with Crippen LogP contribution in [-0.2, 0) is 22.6 Å². The first-order valence-electron chi connectivity index (χ1n) is 9.45. The Bertz CT molecular complexity index is 1010. The Balaban J connectivity index is 1.68. The second kappa shape index (κ2) is 10.2. The van der Waals surface area contributed by atoms with Crippen LogP contribution < -0.4 is 10.1 Å². The summed E-state index contributed by atoms with van der Waals surface area (Å²) in [5, 5.41) is 2.62. The van der Waals surface area contributed by atoms with E-state index >= 15 is 0 Å². The van der Waals surface area contributed by atoms with Gasteiger partial charge in [-0.3, -0.25) is 4.79 Å². The number of esters is 1. The summed E-state index contributed by atoms with van der Waals surface area (Å²) in [5.41, 5.74) is 1.96. The van der Waals surface area contributed by atoms with Crippen molar-refractivity contribution in [2.45, 2.75) is 19.1 Å². The molecule has 0 aliphatic carbocycles. The second-order valence-electron chi connectivity index (χ2n) is 6.69. The third kappa shape index (κ3) is 5.91. The van der Waals surface area contributed by atoms with Gasteiger partial charge in [0.15, 0.2) is 0 Å². The topological polar surface area (TPSA) is 64.6 Å². The third-order valence-corrected chi connectivity index (χ3v) is 4.46. The zero-order valence-corrected chi connectivity index (χ0v) is 16.5. The molecule has 5 nitrogen and oxygen atoms in total. The van der Waals surface area contributed by atoms with Gasteiger partial charge >= 0.3 is 5.97 Å². The smallest absolute Gasteiger partial charge is 0.328 e. The van der Waals surface area contributed by atoms with Crippen LogP contribution in [0, 0.1) is 5.82 Å². The van der Waals surface area contributed by atoms with Crippen molar-refractivity contribution in [3.05, 3.63) is 101 Å². The van der Waals surface area contributed by atoms with Gasteiger partial charge in [-0.05, 0) is 41.5 Å². The van der Waals surface area contributed by atoms with Crippen LogP contribution in [0.2, 0.25) is 0 Å². The maximum Gasteiger partial charge on any atom is 0.328 e. The van der Waals surface area contributed by atoms with E-state index in [1.54, 1.807) is 0 Å². The predicted octanol–water partition coefficient (Wildman–Crippen LogP) is 3.92. The maximum absolute atomic E-state index is 13.4. The minimum absolute atomic E-state index is 0.129. The highest BCUT2D eigenvalue weighted by molar-refractivity contribution is 5.96.